The van der Waals surface area contributed by atoms with Crippen LogP contribution in [0.4, 0.5) is 4.39 Å². The van der Waals surface area contributed by atoms with Gasteiger partial charge in [-0.2, -0.15) is 0 Å². The van der Waals surface area contributed by atoms with Crippen molar-refractivity contribution in [1.82, 2.24) is 15.3 Å². The van der Waals surface area contributed by atoms with Gasteiger partial charge in [0, 0.05) is 13.1 Å². The van der Waals surface area contributed by atoms with E-state index >= 15 is 0 Å². The summed E-state index contributed by atoms with van der Waals surface area (Å²) in [7, 11) is 3.09. The molecule has 0 unspecified atom stereocenters. The molecule has 0 aliphatic heterocycles. The van der Waals surface area contributed by atoms with Crippen LogP contribution < -0.4 is 14.8 Å². The fraction of sp³-hybridized carbons (Fsp3) is 0.286. The lowest BCUT2D eigenvalue weighted by Crippen LogP contribution is -2.15. The minimum absolute atomic E-state index is 0.242. The highest BCUT2D eigenvalue weighted by molar-refractivity contribution is 5.34. The van der Waals surface area contributed by atoms with Crippen molar-refractivity contribution in [2.75, 3.05) is 14.2 Å². The molecule has 0 atom stereocenters. The van der Waals surface area contributed by atoms with Gasteiger partial charge in [0.1, 0.15) is 12.1 Å². The van der Waals surface area contributed by atoms with Crippen LogP contribution in [-0.2, 0) is 13.1 Å². The Labute approximate surface area is 116 Å². The summed E-state index contributed by atoms with van der Waals surface area (Å²) in [4.78, 5) is 8.08. The van der Waals surface area contributed by atoms with Crippen molar-refractivity contribution in [3.8, 4) is 11.8 Å². The third-order valence-corrected chi connectivity index (χ3v) is 2.80. The number of aromatic nitrogens is 2. The molecule has 0 spiro atoms. The van der Waals surface area contributed by atoms with E-state index in [1.807, 2.05) is 0 Å². The van der Waals surface area contributed by atoms with Gasteiger partial charge in [0.05, 0.1) is 19.8 Å². The smallest absolute Gasteiger partial charge is 0.224 e. The third-order valence-electron chi connectivity index (χ3n) is 2.80. The van der Waals surface area contributed by atoms with Crippen LogP contribution in [0.5, 0.6) is 11.8 Å². The lowest BCUT2D eigenvalue weighted by atomic mass is 10.2. The van der Waals surface area contributed by atoms with Gasteiger partial charge < -0.3 is 14.8 Å². The molecule has 0 saturated carbocycles. The highest BCUT2D eigenvalue weighted by Gasteiger charge is 2.12. The van der Waals surface area contributed by atoms with Gasteiger partial charge in [0.2, 0.25) is 11.8 Å². The summed E-state index contributed by atoms with van der Waals surface area (Å²) in [6.07, 6.45) is 1.39. The van der Waals surface area contributed by atoms with E-state index in [1.165, 1.54) is 18.5 Å². The van der Waals surface area contributed by atoms with Crippen molar-refractivity contribution in [3.05, 3.63) is 47.5 Å². The molecule has 0 aliphatic rings. The normalized spacial score (nSPS) is 10.3. The molecule has 0 amide bonds. The van der Waals surface area contributed by atoms with Crippen LogP contribution in [0.25, 0.3) is 0 Å². The van der Waals surface area contributed by atoms with Gasteiger partial charge in [-0.25, -0.2) is 14.4 Å². The zero-order valence-electron chi connectivity index (χ0n) is 11.4. The zero-order chi connectivity index (χ0) is 14.4. The summed E-state index contributed by atoms with van der Waals surface area (Å²) < 4.78 is 23.2. The number of nitrogens with one attached hydrogen (secondary N) is 1. The topological polar surface area (TPSA) is 56.3 Å². The Balaban J connectivity index is 2.01. The number of ether oxygens (including phenoxy) is 2. The van der Waals surface area contributed by atoms with Crippen LogP contribution >= 0.6 is 0 Å². The number of methoxy groups -OCH3 is 2. The molecule has 20 heavy (non-hydrogen) atoms. The number of halogens is 1. The van der Waals surface area contributed by atoms with Crippen LogP contribution in [0.15, 0.2) is 30.6 Å². The van der Waals surface area contributed by atoms with Crippen molar-refractivity contribution in [2.24, 2.45) is 0 Å². The largest absolute Gasteiger partial charge is 0.481 e. The number of rotatable bonds is 6. The molecule has 1 aromatic carbocycles. The Morgan fingerprint density at radius 3 is 2.15 bits per heavy atom. The lowest BCUT2D eigenvalue weighted by molar-refractivity contribution is 0.359. The second-order valence-corrected chi connectivity index (χ2v) is 4.10. The Morgan fingerprint density at radius 2 is 1.60 bits per heavy atom. The minimum Gasteiger partial charge on any atom is -0.481 e. The monoisotopic (exact) mass is 277 g/mol. The maximum absolute atomic E-state index is 12.8. The van der Waals surface area contributed by atoms with E-state index in [2.05, 4.69) is 15.3 Å². The molecule has 0 bridgehead atoms. The van der Waals surface area contributed by atoms with Crippen LogP contribution in [0.3, 0.4) is 0 Å². The summed E-state index contributed by atoms with van der Waals surface area (Å²) in [6, 6.07) is 6.34. The second kappa shape index (κ2) is 6.81. The average Bonchev–Trinajstić information content (AvgIpc) is 2.49. The van der Waals surface area contributed by atoms with E-state index in [4.69, 9.17) is 9.47 Å². The fourth-order valence-corrected chi connectivity index (χ4v) is 1.82. The highest BCUT2D eigenvalue weighted by Crippen LogP contribution is 2.22. The summed E-state index contributed by atoms with van der Waals surface area (Å²) in [6.45, 7) is 1.09. The first-order chi connectivity index (χ1) is 9.74. The first kappa shape index (κ1) is 14.2. The predicted octanol–water partition coefficient (Wildman–Crippen LogP) is 1.92. The van der Waals surface area contributed by atoms with Crippen LogP contribution in [0.1, 0.15) is 11.1 Å². The van der Waals surface area contributed by atoms with Crippen LogP contribution in [-0.4, -0.2) is 24.2 Å². The Kier molecular flexibility index (Phi) is 4.84. The van der Waals surface area contributed by atoms with E-state index < -0.39 is 0 Å². The fourth-order valence-electron chi connectivity index (χ4n) is 1.82. The number of nitrogens with zero attached hydrogens (tertiary/aromatic N) is 2. The molecule has 2 rings (SSSR count). The molecule has 1 aromatic heterocycles. The molecule has 0 fully saturated rings. The van der Waals surface area contributed by atoms with Gasteiger partial charge in [-0.15, -0.1) is 0 Å². The van der Waals surface area contributed by atoms with Crippen LogP contribution in [0, 0.1) is 5.82 Å². The van der Waals surface area contributed by atoms with Gasteiger partial charge in [-0.1, -0.05) is 12.1 Å². The Bertz CT molecular complexity index is 539. The molecular formula is C14H16FN3O2. The van der Waals surface area contributed by atoms with Crippen molar-refractivity contribution >= 4 is 0 Å². The minimum atomic E-state index is -0.242. The first-order valence-electron chi connectivity index (χ1n) is 6.11. The van der Waals surface area contributed by atoms with Crippen molar-refractivity contribution < 1.29 is 13.9 Å². The van der Waals surface area contributed by atoms with E-state index in [9.17, 15) is 4.39 Å². The standard InChI is InChI=1S/C14H16FN3O2/c1-19-13-12(14(20-2)18-9-17-13)8-16-7-10-3-5-11(15)6-4-10/h3-6,9,16H,7-8H2,1-2H3. The number of hydrogen-bond acceptors (Lipinski definition) is 5. The van der Waals surface area contributed by atoms with E-state index in [0.717, 1.165) is 11.1 Å². The molecule has 1 heterocycles. The van der Waals surface area contributed by atoms with Crippen molar-refractivity contribution in [2.45, 2.75) is 13.1 Å². The highest BCUT2D eigenvalue weighted by atomic mass is 19.1. The molecule has 0 saturated heterocycles. The molecule has 5 nitrogen and oxygen atoms in total. The average molecular weight is 277 g/mol. The Morgan fingerprint density at radius 1 is 1.00 bits per heavy atom. The molecular weight excluding hydrogens is 261 g/mol. The second-order valence-electron chi connectivity index (χ2n) is 4.10. The molecule has 0 radical (unpaired) electrons. The molecule has 0 aliphatic carbocycles. The van der Waals surface area contributed by atoms with Gasteiger partial charge in [-0.05, 0) is 17.7 Å². The predicted molar refractivity (Wildman–Crippen MR) is 72.1 cm³/mol. The maximum Gasteiger partial charge on any atom is 0.224 e. The zero-order valence-corrected chi connectivity index (χ0v) is 11.4. The summed E-state index contributed by atoms with van der Waals surface area (Å²) in [5.74, 6) is 0.709. The van der Waals surface area contributed by atoms with Crippen molar-refractivity contribution in [1.29, 1.82) is 0 Å². The van der Waals surface area contributed by atoms with E-state index in [0.29, 0.717) is 24.8 Å². The maximum atomic E-state index is 12.8. The van der Waals surface area contributed by atoms with Gasteiger partial charge in [-0.3, -0.25) is 0 Å². The lowest BCUT2D eigenvalue weighted by Gasteiger charge is -2.11. The van der Waals surface area contributed by atoms with Gasteiger partial charge in [0.15, 0.2) is 0 Å². The first-order valence-corrected chi connectivity index (χ1v) is 6.11. The summed E-state index contributed by atoms with van der Waals surface area (Å²) in [5, 5.41) is 3.22. The van der Waals surface area contributed by atoms with E-state index in [-0.39, 0.29) is 5.82 Å². The quantitative estimate of drug-likeness (QED) is 0.874. The third kappa shape index (κ3) is 3.42. The van der Waals surface area contributed by atoms with Crippen molar-refractivity contribution in [3.63, 3.8) is 0 Å². The number of hydrogen-bond donors (Lipinski definition) is 1. The van der Waals surface area contributed by atoms with Gasteiger partial charge in [0.25, 0.3) is 0 Å². The van der Waals surface area contributed by atoms with Gasteiger partial charge >= 0.3 is 0 Å². The summed E-state index contributed by atoms with van der Waals surface area (Å²) in [5.41, 5.74) is 1.74. The number of benzene rings is 1. The SMILES string of the molecule is COc1ncnc(OC)c1CNCc1ccc(F)cc1. The molecule has 2 aromatic rings. The van der Waals surface area contributed by atoms with Crippen LogP contribution in [0.2, 0.25) is 0 Å². The summed E-state index contributed by atoms with van der Waals surface area (Å²) >= 11 is 0. The Hall–Kier alpha value is -2.21. The molecule has 1 N–H and O–H groups in total. The molecule has 6 heteroatoms. The van der Waals surface area contributed by atoms with E-state index in [1.54, 1.807) is 26.4 Å². The molecule has 106 valence electrons.